The van der Waals surface area contributed by atoms with Gasteiger partial charge in [-0.1, -0.05) is 78.4 Å². The predicted molar refractivity (Wildman–Crippen MR) is 148 cm³/mol. The van der Waals surface area contributed by atoms with Gasteiger partial charge in [-0.25, -0.2) is 4.79 Å². The fourth-order valence-corrected chi connectivity index (χ4v) is 4.69. The van der Waals surface area contributed by atoms with Crippen LogP contribution in [0.5, 0.6) is 5.75 Å². The number of Topliss-reactive ketones (excluding diaryl/α,β-unsaturated/α-hetero) is 1. The van der Waals surface area contributed by atoms with E-state index in [1.807, 2.05) is 73.7 Å². The molecule has 0 fully saturated rings. The lowest BCUT2D eigenvalue weighted by Gasteiger charge is -2.14. The van der Waals surface area contributed by atoms with Gasteiger partial charge in [0.2, 0.25) is 0 Å². The van der Waals surface area contributed by atoms with Gasteiger partial charge in [-0.2, -0.15) is 8.75 Å². The number of aliphatic carboxylic acids is 1. The van der Waals surface area contributed by atoms with Crippen LogP contribution < -0.4 is 4.74 Å². The van der Waals surface area contributed by atoms with Gasteiger partial charge in [0.25, 0.3) is 0 Å². The number of allylic oxidation sites excluding steroid dienone is 1. The molecule has 6 nitrogen and oxygen atoms in total. The maximum absolute atomic E-state index is 13.7. The van der Waals surface area contributed by atoms with Gasteiger partial charge in [0.15, 0.2) is 5.78 Å². The SMILES string of the molecule is Cc1ccc(C(=O)C(Cc2ccc(OCc3ccccc3)cc2)=C(C(=O)O)c2ccc3nsnc3c2)cc1. The lowest BCUT2D eigenvalue weighted by molar-refractivity contribution is -0.130. The number of hydrogen-bond acceptors (Lipinski definition) is 6. The summed E-state index contributed by atoms with van der Waals surface area (Å²) in [6.45, 7) is 2.38. The third-order valence-electron chi connectivity index (χ3n) is 6.20. The number of carbonyl (C=O) groups is 2. The number of nitrogens with zero attached hydrogens (tertiary/aromatic N) is 2. The van der Waals surface area contributed by atoms with E-state index in [0.29, 0.717) is 34.5 Å². The van der Waals surface area contributed by atoms with Gasteiger partial charge in [0.1, 0.15) is 23.4 Å². The van der Waals surface area contributed by atoms with E-state index in [0.717, 1.165) is 28.4 Å². The van der Waals surface area contributed by atoms with Crippen LogP contribution in [-0.2, 0) is 17.8 Å². The van der Waals surface area contributed by atoms with E-state index in [4.69, 9.17) is 4.74 Å². The van der Waals surface area contributed by atoms with Crippen LogP contribution in [0.2, 0.25) is 0 Å². The number of aromatic nitrogens is 2. The van der Waals surface area contributed by atoms with Crippen molar-refractivity contribution in [3.8, 4) is 5.75 Å². The largest absolute Gasteiger partial charge is 0.489 e. The van der Waals surface area contributed by atoms with E-state index in [9.17, 15) is 14.7 Å². The lowest BCUT2D eigenvalue weighted by Crippen LogP contribution is -2.14. The zero-order valence-electron chi connectivity index (χ0n) is 20.6. The average molecular weight is 521 g/mol. The molecule has 4 aromatic carbocycles. The molecule has 0 atom stereocenters. The zero-order chi connectivity index (χ0) is 26.5. The van der Waals surface area contributed by atoms with Gasteiger partial charge in [0, 0.05) is 17.6 Å². The molecule has 188 valence electrons. The minimum Gasteiger partial charge on any atom is -0.489 e. The van der Waals surface area contributed by atoms with Crippen molar-refractivity contribution in [3.63, 3.8) is 0 Å². The number of carbonyl (C=O) groups excluding carboxylic acids is 1. The summed E-state index contributed by atoms with van der Waals surface area (Å²) in [4.78, 5) is 26.4. The predicted octanol–water partition coefficient (Wildman–Crippen LogP) is 6.54. The molecule has 0 radical (unpaired) electrons. The highest BCUT2D eigenvalue weighted by Crippen LogP contribution is 2.28. The third-order valence-corrected chi connectivity index (χ3v) is 6.76. The van der Waals surface area contributed by atoms with Gasteiger partial charge in [0.05, 0.1) is 17.3 Å². The Morgan fingerprint density at radius 1 is 0.789 bits per heavy atom. The highest BCUT2D eigenvalue weighted by Gasteiger charge is 2.24. The maximum Gasteiger partial charge on any atom is 0.336 e. The van der Waals surface area contributed by atoms with E-state index < -0.39 is 5.97 Å². The van der Waals surface area contributed by atoms with Crippen LogP contribution in [0.25, 0.3) is 16.6 Å². The van der Waals surface area contributed by atoms with Gasteiger partial charge in [-0.15, -0.1) is 0 Å². The molecule has 0 aliphatic carbocycles. The Bertz CT molecular complexity index is 1620. The van der Waals surface area contributed by atoms with E-state index >= 15 is 0 Å². The van der Waals surface area contributed by atoms with Crippen LogP contribution in [0.4, 0.5) is 0 Å². The van der Waals surface area contributed by atoms with Crippen LogP contribution >= 0.6 is 11.7 Å². The van der Waals surface area contributed by atoms with E-state index in [1.165, 1.54) is 0 Å². The molecule has 38 heavy (non-hydrogen) atoms. The monoisotopic (exact) mass is 520 g/mol. The molecule has 1 aromatic heterocycles. The third kappa shape index (κ3) is 5.68. The van der Waals surface area contributed by atoms with Crippen LogP contribution in [0.3, 0.4) is 0 Å². The number of ketones is 1. The molecule has 5 rings (SSSR count). The summed E-state index contributed by atoms with van der Waals surface area (Å²) in [5, 5.41) is 10.3. The maximum atomic E-state index is 13.7. The van der Waals surface area contributed by atoms with Crippen LogP contribution in [0.1, 0.15) is 32.6 Å². The zero-order valence-corrected chi connectivity index (χ0v) is 21.4. The summed E-state index contributed by atoms with van der Waals surface area (Å²) in [5.74, 6) is -0.818. The first kappa shape index (κ1) is 25.0. The van der Waals surface area contributed by atoms with Gasteiger partial charge >= 0.3 is 5.97 Å². The van der Waals surface area contributed by atoms with Crippen molar-refractivity contribution >= 4 is 40.1 Å². The van der Waals surface area contributed by atoms with Crippen molar-refractivity contribution in [1.82, 2.24) is 8.75 Å². The van der Waals surface area contributed by atoms with Gasteiger partial charge < -0.3 is 9.84 Å². The molecule has 0 bridgehead atoms. The highest BCUT2D eigenvalue weighted by atomic mass is 32.1. The summed E-state index contributed by atoms with van der Waals surface area (Å²) in [5.41, 5.74) is 5.13. The number of fused-ring (bicyclic) bond motifs is 1. The fraction of sp³-hybridized carbons (Fsp3) is 0.0968. The molecule has 0 saturated heterocycles. The second kappa shape index (κ2) is 11.2. The second-order valence-corrected chi connectivity index (χ2v) is 9.45. The van der Waals surface area contributed by atoms with Crippen molar-refractivity contribution in [2.45, 2.75) is 20.0 Å². The number of hydrogen-bond donors (Lipinski definition) is 1. The summed E-state index contributed by atoms with van der Waals surface area (Å²) < 4.78 is 14.3. The summed E-state index contributed by atoms with van der Waals surface area (Å²) in [7, 11) is 0. The van der Waals surface area contributed by atoms with Crippen LogP contribution in [-0.4, -0.2) is 25.6 Å². The first-order chi connectivity index (χ1) is 18.5. The van der Waals surface area contributed by atoms with Crippen LogP contribution in [0, 0.1) is 6.92 Å². The molecule has 1 heterocycles. The standard InChI is InChI=1S/C31H24N2O4S/c1-20-7-11-23(12-8-20)30(34)26(29(31(35)36)24-13-16-27-28(18-24)33-38-32-27)17-21-9-14-25(15-10-21)37-19-22-5-3-2-4-6-22/h2-16,18H,17,19H2,1H3,(H,35,36). The molecule has 0 saturated carbocycles. The van der Waals surface area contributed by atoms with Crippen molar-refractivity contribution in [1.29, 1.82) is 0 Å². The fourth-order valence-electron chi connectivity index (χ4n) is 4.17. The van der Waals surface area contributed by atoms with E-state index in [1.54, 1.807) is 30.3 Å². The van der Waals surface area contributed by atoms with Crippen molar-refractivity contribution in [2.24, 2.45) is 0 Å². The van der Waals surface area contributed by atoms with Crippen molar-refractivity contribution in [2.75, 3.05) is 0 Å². The molecule has 7 heteroatoms. The smallest absolute Gasteiger partial charge is 0.336 e. The molecular formula is C31H24N2O4S. The first-order valence-electron chi connectivity index (χ1n) is 12.0. The number of rotatable bonds is 9. The van der Waals surface area contributed by atoms with E-state index in [2.05, 4.69) is 8.75 Å². The topological polar surface area (TPSA) is 89.4 Å². The normalized spacial score (nSPS) is 11.7. The molecule has 5 aromatic rings. The van der Waals surface area contributed by atoms with Gasteiger partial charge in [-0.05, 0) is 47.9 Å². The highest BCUT2D eigenvalue weighted by molar-refractivity contribution is 7.00. The average Bonchev–Trinajstić information content (AvgIpc) is 3.41. The molecule has 0 aliphatic rings. The Hall–Kier alpha value is -4.62. The molecule has 0 amide bonds. The first-order valence-corrected chi connectivity index (χ1v) is 12.8. The number of carboxylic acids is 1. The van der Waals surface area contributed by atoms with Crippen molar-refractivity contribution < 1.29 is 19.4 Å². The van der Waals surface area contributed by atoms with Gasteiger partial charge in [-0.3, -0.25) is 4.79 Å². The van der Waals surface area contributed by atoms with Crippen LogP contribution in [0.15, 0.2) is 103 Å². The Labute approximate surface area is 224 Å². The van der Waals surface area contributed by atoms with Crippen molar-refractivity contribution in [3.05, 3.63) is 130 Å². The van der Waals surface area contributed by atoms with E-state index in [-0.39, 0.29) is 23.4 Å². The number of benzene rings is 4. The summed E-state index contributed by atoms with van der Waals surface area (Å²) in [6.07, 6.45) is 0.140. The quantitative estimate of drug-likeness (QED) is 0.175. The molecule has 1 N–H and O–H groups in total. The Morgan fingerprint density at radius 3 is 2.18 bits per heavy atom. The molecule has 0 unspecified atom stereocenters. The minimum atomic E-state index is -1.18. The Balaban J connectivity index is 1.50. The number of ether oxygens (including phenoxy) is 1. The molecule has 0 aliphatic heterocycles. The number of carboxylic acid groups (broad SMARTS) is 1. The molecular weight excluding hydrogens is 496 g/mol. The summed E-state index contributed by atoms with van der Waals surface area (Å²) >= 11 is 1.06. The lowest BCUT2D eigenvalue weighted by atomic mass is 9.89. The second-order valence-electron chi connectivity index (χ2n) is 8.92. The summed E-state index contributed by atoms with van der Waals surface area (Å²) in [6, 6.07) is 29.5. The minimum absolute atomic E-state index is 0.0464. The number of aryl methyl sites for hydroxylation is 1. The Kier molecular flexibility index (Phi) is 7.38. The molecule has 0 spiro atoms. The Morgan fingerprint density at radius 2 is 1.47 bits per heavy atom.